The van der Waals surface area contributed by atoms with E-state index in [2.05, 4.69) is 4.98 Å². The molecule has 0 aliphatic heterocycles. The number of nitrogens with one attached hydrogen (secondary N) is 1. The Labute approximate surface area is 70.9 Å². The smallest absolute Gasteiger partial charge is 0.236 e. The first-order valence-electron chi connectivity index (χ1n) is 2.45. The molecule has 0 amide bonds. The van der Waals surface area contributed by atoms with Gasteiger partial charge in [0.2, 0.25) is 11.9 Å². The van der Waals surface area contributed by atoms with E-state index >= 15 is 0 Å². The third kappa shape index (κ3) is 1.36. The maximum Gasteiger partial charge on any atom is 0.236 e. The van der Waals surface area contributed by atoms with Crippen molar-refractivity contribution in [2.24, 2.45) is 0 Å². The SMILES string of the molecule is [NH]c1c(Cl)c(F)nc(F)c1Cl. The summed E-state index contributed by atoms with van der Waals surface area (Å²) < 4.78 is 24.7. The standard InChI is InChI=1S/C5HCl2F2N2/c6-1-3(10)2(7)5(9)11-4(1)8/h10H. The molecule has 1 aromatic heterocycles. The lowest BCUT2D eigenvalue weighted by atomic mass is 10.4. The van der Waals surface area contributed by atoms with E-state index in [1.54, 1.807) is 0 Å². The van der Waals surface area contributed by atoms with E-state index in [1.165, 1.54) is 0 Å². The molecule has 59 valence electrons. The van der Waals surface area contributed by atoms with Gasteiger partial charge in [-0.2, -0.15) is 13.8 Å². The Hall–Kier alpha value is -0.610. The minimum Gasteiger partial charge on any atom is -0.297 e. The summed E-state index contributed by atoms with van der Waals surface area (Å²) >= 11 is 10.4. The quantitative estimate of drug-likeness (QED) is 0.590. The minimum atomic E-state index is -1.22. The van der Waals surface area contributed by atoms with Gasteiger partial charge in [-0.25, -0.2) is 0 Å². The molecule has 0 aliphatic rings. The van der Waals surface area contributed by atoms with Crippen LogP contribution in [0.2, 0.25) is 10.0 Å². The van der Waals surface area contributed by atoms with Gasteiger partial charge in [0.1, 0.15) is 15.7 Å². The van der Waals surface area contributed by atoms with Gasteiger partial charge < -0.3 is 0 Å². The van der Waals surface area contributed by atoms with Crippen molar-refractivity contribution in [1.29, 1.82) is 0 Å². The molecule has 0 bridgehead atoms. The summed E-state index contributed by atoms with van der Waals surface area (Å²) in [4.78, 5) is 2.72. The number of aromatic nitrogens is 1. The highest BCUT2D eigenvalue weighted by Gasteiger charge is 2.14. The molecular weight excluding hydrogens is 197 g/mol. The van der Waals surface area contributed by atoms with Crippen LogP contribution in [0.1, 0.15) is 0 Å². The first kappa shape index (κ1) is 8.49. The summed E-state index contributed by atoms with van der Waals surface area (Å²) in [6.07, 6.45) is 0. The Morgan fingerprint density at radius 1 is 1.09 bits per heavy atom. The molecule has 1 radical (unpaired) electrons. The van der Waals surface area contributed by atoms with Crippen LogP contribution in [0.15, 0.2) is 0 Å². The number of halogens is 4. The molecule has 0 atom stereocenters. The molecule has 0 saturated carbocycles. The predicted molar refractivity (Wildman–Crippen MR) is 36.9 cm³/mol. The molecule has 2 nitrogen and oxygen atoms in total. The first-order chi connectivity index (χ1) is 5.04. The maximum atomic E-state index is 12.4. The summed E-state index contributed by atoms with van der Waals surface area (Å²) in [6.45, 7) is 0. The zero-order valence-electron chi connectivity index (χ0n) is 4.96. The van der Waals surface area contributed by atoms with Crippen LogP contribution in [0.5, 0.6) is 0 Å². The summed E-state index contributed by atoms with van der Waals surface area (Å²) in [5.41, 5.74) is 6.36. The summed E-state index contributed by atoms with van der Waals surface area (Å²) in [7, 11) is 0. The fourth-order valence-corrected chi connectivity index (χ4v) is 0.809. The van der Waals surface area contributed by atoms with Gasteiger partial charge >= 0.3 is 0 Å². The largest absolute Gasteiger partial charge is 0.297 e. The second-order valence-corrected chi connectivity index (χ2v) is 2.45. The molecule has 0 aromatic carbocycles. The third-order valence-electron chi connectivity index (χ3n) is 0.998. The Morgan fingerprint density at radius 3 is 1.82 bits per heavy atom. The Bertz CT molecular complexity index is 277. The summed E-state index contributed by atoms with van der Waals surface area (Å²) in [5, 5.41) is -1.15. The van der Waals surface area contributed by atoms with E-state index in [9.17, 15) is 8.78 Å². The van der Waals surface area contributed by atoms with Gasteiger partial charge in [0.15, 0.2) is 0 Å². The topological polar surface area (TPSA) is 36.7 Å². The van der Waals surface area contributed by atoms with Crippen molar-refractivity contribution >= 4 is 28.9 Å². The molecule has 0 unspecified atom stereocenters. The van der Waals surface area contributed by atoms with Crippen molar-refractivity contribution in [3.05, 3.63) is 21.9 Å². The highest BCUT2D eigenvalue weighted by Crippen LogP contribution is 2.31. The van der Waals surface area contributed by atoms with Gasteiger partial charge in [-0.05, 0) is 0 Å². The molecule has 0 spiro atoms. The molecule has 1 aromatic rings. The monoisotopic (exact) mass is 197 g/mol. The molecule has 0 saturated heterocycles. The second-order valence-electron chi connectivity index (χ2n) is 1.70. The van der Waals surface area contributed by atoms with Crippen molar-refractivity contribution < 1.29 is 8.78 Å². The van der Waals surface area contributed by atoms with E-state index in [4.69, 9.17) is 28.9 Å². The van der Waals surface area contributed by atoms with Crippen LogP contribution in [-0.4, -0.2) is 4.98 Å². The van der Waals surface area contributed by atoms with Crippen molar-refractivity contribution in [1.82, 2.24) is 10.7 Å². The van der Waals surface area contributed by atoms with Crippen LogP contribution in [-0.2, 0) is 0 Å². The highest BCUT2D eigenvalue weighted by atomic mass is 35.5. The van der Waals surface area contributed by atoms with E-state index < -0.39 is 27.6 Å². The molecule has 0 aliphatic carbocycles. The van der Waals surface area contributed by atoms with E-state index in [-0.39, 0.29) is 0 Å². The number of nitrogens with zero attached hydrogens (tertiary/aromatic N) is 1. The second kappa shape index (κ2) is 2.79. The normalized spacial score (nSPS) is 10.2. The maximum absolute atomic E-state index is 12.4. The van der Waals surface area contributed by atoms with Gasteiger partial charge in [-0.1, -0.05) is 23.2 Å². The number of hydrogen-bond donors (Lipinski definition) is 0. The Morgan fingerprint density at radius 2 is 1.45 bits per heavy atom. The number of rotatable bonds is 0. The third-order valence-corrected chi connectivity index (χ3v) is 1.69. The van der Waals surface area contributed by atoms with Gasteiger partial charge in [0, 0.05) is 0 Å². The summed E-state index contributed by atoms with van der Waals surface area (Å²) in [5.74, 6) is -2.45. The van der Waals surface area contributed by atoms with Crippen LogP contribution in [0.25, 0.3) is 0 Å². The molecule has 11 heavy (non-hydrogen) atoms. The predicted octanol–water partition coefficient (Wildman–Crippen LogP) is 2.58. The van der Waals surface area contributed by atoms with Crippen molar-refractivity contribution in [3.8, 4) is 0 Å². The molecule has 1 heterocycles. The molecule has 6 heteroatoms. The van der Waals surface area contributed by atoms with Crippen LogP contribution in [0, 0.1) is 11.9 Å². The lowest BCUT2D eigenvalue weighted by Crippen LogP contribution is -1.92. The lowest BCUT2D eigenvalue weighted by molar-refractivity contribution is 0.514. The fourth-order valence-electron chi connectivity index (χ4n) is 0.487. The summed E-state index contributed by atoms with van der Waals surface area (Å²) in [6, 6.07) is 0. The van der Waals surface area contributed by atoms with Gasteiger partial charge in [0.05, 0.1) is 0 Å². The van der Waals surface area contributed by atoms with Crippen LogP contribution in [0.3, 0.4) is 0 Å². The zero-order chi connectivity index (χ0) is 8.59. The van der Waals surface area contributed by atoms with Gasteiger partial charge in [-0.15, -0.1) is 0 Å². The molecule has 0 fully saturated rings. The molecule has 1 N–H and O–H groups in total. The molecule has 1 rings (SSSR count). The van der Waals surface area contributed by atoms with Crippen molar-refractivity contribution in [2.45, 2.75) is 0 Å². The van der Waals surface area contributed by atoms with Crippen molar-refractivity contribution in [2.75, 3.05) is 0 Å². The first-order valence-corrected chi connectivity index (χ1v) is 3.21. The van der Waals surface area contributed by atoms with E-state index in [0.29, 0.717) is 0 Å². The van der Waals surface area contributed by atoms with Crippen molar-refractivity contribution in [3.63, 3.8) is 0 Å². The fraction of sp³-hybridized carbons (Fsp3) is 0. The average Bonchev–Trinajstić information content (AvgIpc) is 1.97. The van der Waals surface area contributed by atoms with Crippen LogP contribution >= 0.6 is 23.2 Å². The Kier molecular flexibility index (Phi) is 2.15. The lowest BCUT2D eigenvalue weighted by Gasteiger charge is -1.99. The van der Waals surface area contributed by atoms with E-state index in [0.717, 1.165) is 0 Å². The van der Waals surface area contributed by atoms with Gasteiger partial charge in [-0.3, -0.25) is 5.73 Å². The Balaban J connectivity index is 3.46. The zero-order valence-corrected chi connectivity index (χ0v) is 6.47. The van der Waals surface area contributed by atoms with E-state index in [1.807, 2.05) is 0 Å². The highest BCUT2D eigenvalue weighted by molar-refractivity contribution is 6.38. The number of hydrogen-bond acceptors (Lipinski definition) is 1. The van der Waals surface area contributed by atoms with Crippen LogP contribution < -0.4 is 5.73 Å². The van der Waals surface area contributed by atoms with Crippen LogP contribution in [0.4, 0.5) is 14.5 Å². The number of pyridine rings is 1. The van der Waals surface area contributed by atoms with Gasteiger partial charge in [0.25, 0.3) is 0 Å². The molecular formula is C5HCl2F2N2. The average molecular weight is 198 g/mol. The minimum absolute atomic E-state index is 0.573.